The molecule has 0 bridgehead atoms. The molecule has 1 aliphatic rings. The van der Waals surface area contributed by atoms with Crippen LogP contribution in [0.25, 0.3) is 0 Å². The molecule has 1 aliphatic carbocycles. The average Bonchev–Trinajstić information content (AvgIpc) is 3.48. The second-order valence-electron chi connectivity index (χ2n) is 7.33. The third-order valence-corrected chi connectivity index (χ3v) is 7.68. The Morgan fingerprint density at radius 1 is 1.14 bits per heavy atom. The zero-order chi connectivity index (χ0) is 19.6. The maximum Gasteiger partial charge on any atom is 0.230 e. The Kier molecular flexibility index (Phi) is 5.61. The van der Waals surface area contributed by atoms with E-state index in [0.717, 1.165) is 41.7 Å². The van der Waals surface area contributed by atoms with Crippen molar-refractivity contribution in [2.75, 3.05) is 6.54 Å². The molecule has 3 aromatic rings. The van der Waals surface area contributed by atoms with Gasteiger partial charge in [-0.1, -0.05) is 42.6 Å². The van der Waals surface area contributed by atoms with Gasteiger partial charge in [0, 0.05) is 15.5 Å². The molecule has 1 saturated carbocycles. The Balaban J connectivity index is 1.60. The zero-order valence-electron chi connectivity index (χ0n) is 15.4. The lowest BCUT2D eigenvalue weighted by atomic mass is 9.77. The van der Waals surface area contributed by atoms with E-state index >= 15 is 0 Å². The van der Waals surface area contributed by atoms with Crippen LogP contribution in [0.3, 0.4) is 0 Å². The molecule has 2 heterocycles. The number of hydrogen-bond acceptors (Lipinski definition) is 4. The normalized spacial score (nSPS) is 17.9. The lowest BCUT2D eigenvalue weighted by Gasteiger charge is -2.32. The predicted molar refractivity (Wildman–Crippen MR) is 116 cm³/mol. The van der Waals surface area contributed by atoms with Crippen LogP contribution in [0.4, 0.5) is 0 Å². The van der Waals surface area contributed by atoms with Crippen molar-refractivity contribution in [3.63, 3.8) is 0 Å². The van der Waals surface area contributed by atoms with Gasteiger partial charge in [-0.05, 0) is 58.8 Å². The minimum Gasteiger partial charge on any atom is -0.378 e. The van der Waals surface area contributed by atoms with Gasteiger partial charge in [0.1, 0.15) is 5.60 Å². The first-order valence-corrected chi connectivity index (χ1v) is 11.6. The number of amides is 1. The molecule has 0 spiro atoms. The van der Waals surface area contributed by atoms with E-state index in [-0.39, 0.29) is 12.5 Å². The molecule has 0 aliphatic heterocycles. The Hall–Kier alpha value is -1.66. The summed E-state index contributed by atoms with van der Waals surface area (Å²) in [7, 11) is 0. The molecular formula is C22H22ClNO2S2. The molecule has 0 radical (unpaired) electrons. The Labute approximate surface area is 178 Å². The molecule has 146 valence electrons. The van der Waals surface area contributed by atoms with Gasteiger partial charge in [0.25, 0.3) is 0 Å². The minimum absolute atomic E-state index is 0.0162. The van der Waals surface area contributed by atoms with Crippen molar-refractivity contribution in [1.82, 2.24) is 5.32 Å². The van der Waals surface area contributed by atoms with E-state index in [2.05, 4.69) is 5.32 Å². The molecule has 28 heavy (non-hydrogen) atoms. The van der Waals surface area contributed by atoms with Crippen LogP contribution in [-0.4, -0.2) is 17.6 Å². The Morgan fingerprint density at radius 2 is 1.89 bits per heavy atom. The number of rotatable bonds is 6. The quantitative estimate of drug-likeness (QED) is 0.554. The van der Waals surface area contributed by atoms with E-state index in [1.54, 1.807) is 11.3 Å². The summed E-state index contributed by atoms with van der Waals surface area (Å²) in [6.07, 6.45) is 3.68. The molecule has 6 heteroatoms. The average molecular weight is 432 g/mol. The summed E-state index contributed by atoms with van der Waals surface area (Å²) in [6.45, 7) is 0.151. The van der Waals surface area contributed by atoms with E-state index in [9.17, 15) is 9.90 Å². The smallest absolute Gasteiger partial charge is 0.230 e. The number of hydrogen-bond donors (Lipinski definition) is 2. The first kappa shape index (κ1) is 19.6. The largest absolute Gasteiger partial charge is 0.378 e. The maximum absolute atomic E-state index is 13.4. The number of aliphatic hydroxyl groups is 1. The van der Waals surface area contributed by atoms with Crippen LogP contribution >= 0.6 is 34.3 Å². The van der Waals surface area contributed by atoms with Gasteiger partial charge in [0.15, 0.2) is 0 Å². The van der Waals surface area contributed by atoms with Crippen LogP contribution in [0.1, 0.15) is 41.7 Å². The van der Waals surface area contributed by atoms with E-state index < -0.39 is 11.0 Å². The van der Waals surface area contributed by atoms with Crippen molar-refractivity contribution < 1.29 is 9.90 Å². The summed E-state index contributed by atoms with van der Waals surface area (Å²) in [5.41, 5.74) is 0.0495. The first-order chi connectivity index (χ1) is 13.5. The van der Waals surface area contributed by atoms with Crippen molar-refractivity contribution in [2.24, 2.45) is 0 Å². The van der Waals surface area contributed by atoms with Gasteiger partial charge >= 0.3 is 0 Å². The van der Waals surface area contributed by atoms with E-state index in [0.29, 0.717) is 5.02 Å². The fourth-order valence-corrected chi connectivity index (χ4v) is 5.81. The monoisotopic (exact) mass is 431 g/mol. The molecule has 1 amide bonds. The number of nitrogens with one attached hydrogen (secondary N) is 1. The lowest BCUT2D eigenvalue weighted by molar-refractivity contribution is -0.127. The van der Waals surface area contributed by atoms with Gasteiger partial charge in [-0.15, -0.1) is 11.3 Å². The van der Waals surface area contributed by atoms with Crippen molar-refractivity contribution in [1.29, 1.82) is 0 Å². The lowest BCUT2D eigenvalue weighted by Crippen LogP contribution is -2.48. The summed E-state index contributed by atoms with van der Waals surface area (Å²) in [5, 5.41) is 21.1. The summed E-state index contributed by atoms with van der Waals surface area (Å²) in [6, 6.07) is 13.4. The number of halogens is 1. The molecule has 0 saturated heterocycles. The highest BCUT2D eigenvalue weighted by atomic mass is 35.5. The van der Waals surface area contributed by atoms with E-state index in [1.807, 2.05) is 58.6 Å². The van der Waals surface area contributed by atoms with Crippen LogP contribution in [0.2, 0.25) is 5.02 Å². The van der Waals surface area contributed by atoms with Crippen LogP contribution < -0.4 is 5.32 Å². The highest BCUT2D eigenvalue weighted by Gasteiger charge is 2.44. The van der Waals surface area contributed by atoms with Crippen molar-refractivity contribution in [3.8, 4) is 0 Å². The van der Waals surface area contributed by atoms with Crippen LogP contribution in [0.15, 0.2) is 58.6 Å². The highest BCUT2D eigenvalue weighted by Crippen LogP contribution is 2.42. The van der Waals surface area contributed by atoms with Gasteiger partial charge in [-0.2, -0.15) is 11.3 Å². The van der Waals surface area contributed by atoms with Crippen molar-refractivity contribution in [3.05, 3.63) is 79.6 Å². The van der Waals surface area contributed by atoms with Crippen LogP contribution in [0, 0.1) is 0 Å². The van der Waals surface area contributed by atoms with Crippen molar-refractivity contribution in [2.45, 2.75) is 36.7 Å². The van der Waals surface area contributed by atoms with E-state index in [1.165, 1.54) is 11.3 Å². The second kappa shape index (κ2) is 7.99. The molecule has 4 rings (SSSR count). The minimum atomic E-state index is -1.22. The van der Waals surface area contributed by atoms with Crippen LogP contribution in [0.5, 0.6) is 0 Å². The molecule has 3 nitrogen and oxygen atoms in total. The SMILES string of the molecule is O=C(NC[C@@](O)(c1ccsc1)c1cccs1)C1(c2ccc(Cl)cc2)CCCC1. The molecule has 1 fully saturated rings. The standard InChI is InChI=1S/C22H22ClNO2S2/c23-18-7-5-16(6-8-18)21(10-1-2-11-21)20(25)24-15-22(26,17-9-13-27-14-17)19-4-3-12-28-19/h3-9,12-14,26H,1-2,10-11,15H2,(H,24,25)/t22-/m1/s1. The summed E-state index contributed by atoms with van der Waals surface area (Å²) < 4.78 is 0. The Morgan fingerprint density at radius 3 is 2.50 bits per heavy atom. The first-order valence-electron chi connectivity index (χ1n) is 9.38. The molecule has 1 atom stereocenters. The number of carbonyl (C=O) groups is 1. The van der Waals surface area contributed by atoms with Gasteiger partial charge < -0.3 is 10.4 Å². The number of thiophene rings is 2. The van der Waals surface area contributed by atoms with Crippen LogP contribution in [-0.2, 0) is 15.8 Å². The molecule has 2 aromatic heterocycles. The molecule has 0 unspecified atom stereocenters. The summed E-state index contributed by atoms with van der Waals surface area (Å²) in [4.78, 5) is 14.2. The maximum atomic E-state index is 13.4. The third kappa shape index (κ3) is 3.52. The molecular weight excluding hydrogens is 410 g/mol. The Bertz CT molecular complexity index is 880. The zero-order valence-corrected chi connectivity index (χ0v) is 17.7. The topological polar surface area (TPSA) is 49.3 Å². The van der Waals surface area contributed by atoms with Gasteiger partial charge in [0.2, 0.25) is 5.91 Å². The molecule has 1 aromatic carbocycles. The third-order valence-electron chi connectivity index (χ3n) is 5.72. The molecule has 2 N–H and O–H groups in total. The van der Waals surface area contributed by atoms with Gasteiger partial charge in [-0.3, -0.25) is 4.79 Å². The number of carbonyl (C=O) groups excluding carboxylic acids is 1. The van der Waals surface area contributed by atoms with Gasteiger partial charge in [-0.25, -0.2) is 0 Å². The summed E-state index contributed by atoms with van der Waals surface area (Å²) >= 11 is 9.08. The van der Waals surface area contributed by atoms with E-state index in [4.69, 9.17) is 11.6 Å². The van der Waals surface area contributed by atoms with Crippen molar-refractivity contribution >= 4 is 40.2 Å². The highest BCUT2D eigenvalue weighted by molar-refractivity contribution is 7.10. The van der Waals surface area contributed by atoms with Gasteiger partial charge in [0.05, 0.1) is 12.0 Å². The second-order valence-corrected chi connectivity index (χ2v) is 9.49. The summed E-state index contributed by atoms with van der Waals surface area (Å²) in [5.74, 6) is -0.0162. The fraction of sp³-hybridized carbons (Fsp3) is 0.318. The fourth-order valence-electron chi connectivity index (χ4n) is 4.12. The predicted octanol–water partition coefficient (Wildman–Crippen LogP) is 5.33. The number of benzene rings is 1.